The Hall–Kier alpha value is -1.95. The van der Waals surface area contributed by atoms with Gasteiger partial charge in [0.25, 0.3) is 0 Å². The zero-order chi connectivity index (χ0) is 17.6. The fourth-order valence-electron chi connectivity index (χ4n) is 3.67. The number of nitrogens with one attached hydrogen (secondary N) is 2. The Morgan fingerprint density at radius 2 is 2.16 bits per heavy atom. The van der Waals surface area contributed by atoms with Crippen LogP contribution in [-0.2, 0) is 16.0 Å². The summed E-state index contributed by atoms with van der Waals surface area (Å²) in [6.07, 6.45) is 4.13. The van der Waals surface area contributed by atoms with Crippen molar-refractivity contribution in [2.75, 3.05) is 26.2 Å². The molecule has 6 heteroatoms. The molecule has 0 unspecified atom stereocenters. The molecule has 2 saturated heterocycles. The van der Waals surface area contributed by atoms with Crippen molar-refractivity contribution in [2.24, 2.45) is 5.92 Å². The van der Waals surface area contributed by atoms with Crippen molar-refractivity contribution < 1.29 is 14.0 Å². The van der Waals surface area contributed by atoms with Crippen molar-refractivity contribution >= 4 is 11.8 Å². The average Bonchev–Trinajstić information content (AvgIpc) is 3.15. The Morgan fingerprint density at radius 1 is 1.28 bits per heavy atom. The van der Waals surface area contributed by atoms with Crippen LogP contribution in [-0.4, -0.2) is 48.9 Å². The van der Waals surface area contributed by atoms with Gasteiger partial charge >= 0.3 is 0 Å². The zero-order valence-electron chi connectivity index (χ0n) is 14.5. The van der Waals surface area contributed by atoms with E-state index in [1.54, 1.807) is 12.1 Å². The summed E-state index contributed by atoms with van der Waals surface area (Å²) in [6.45, 7) is 2.92. The van der Waals surface area contributed by atoms with Gasteiger partial charge in [-0.25, -0.2) is 4.39 Å². The molecule has 0 bridgehead atoms. The van der Waals surface area contributed by atoms with Gasteiger partial charge in [-0.05, 0) is 55.8 Å². The highest BCUT2D eigenvalue weighted by Gasteiger charge is 2.26. The lowest BCUT2D eigenvalue weighted by molar-refractivity contribution is -0.132. The molecule has 2 aliphatic heterocycles. The first-order chi connectivity index (χ1) is 12.1. The highest BCUT2D eigenvalue weighted by atomic mass is 19.1. The van der Waals surface area contributed by atoms with Crippen LogP contribution < -0.4 is 10.6 Å². The van der Waals surface area contributed by atoms with Crippen molar-refractivity contribution in [1.29, 1.82) is 0 Å². The van der Waals surface area contributed by atoms with Crippen LogP contribution in [0.3, 0.4) is 0 Å². The van der Waals surface area contributed by atoms with E-state index in [1.807, 2.05) is 4.90 Å². The van der Waals surface area contributed by atoms with E-state index in [2.05, 4.69) is 10.6 Å². The molecule has 0 aliphatic carbocycles. The SMILES string of the molecule is O=C(NC[C@H]1CCCN(C(=O)Cc2cccc(F)c2)C1)[C@H]1CCCN1. The van der Waals surface area contributed by atoms with Gasteiger partial charge in [0, 0.05) is 19.6 Å². The van der Waals surface area contributed by atoms with Gasteiger partial charge in [-0.15, -0.1) is 0 Å². The quantitative estimate of drug-likeness (QED) is 0.848. The van der Waals surface area contributed by atoms with Gasteiger partial charge in [0.15, 0.2) is 0 Å². The summed E-state index contributed by atoms with van der Waals surface area (Å²) < 4.78 is 13.3. The number of amides is 2. The number of hydrogen-bond acceptors (Lipinski definition) is 3. The standard InChI is InChI=1S/C19H26FN3O2/c20-16-6-1-4-14(10-16)11-18(24)23-9-3-5-15(13-23)12-22-19(25)17-7-2-8-21-17/h1,4,6,10,15,17,21H,2-3,5,7-9,11-13H2,(H,22,25)/t15-,17-/m1/s1. The lowest BCUT2D eigenvalue weighted by Gasteiger charge is -2.33. The number of halogens is 1. The molecule has 1 aromatic rings. The minimum atomic E-state index is -0.315. The second kappa shape index (κ2) is 8.43. The Labute approximate surface area is 148 Å². The van der Waals surface area contributed by atoms with Crippen molar-refractivity contribution in [3.8, 4) is 0 Å². The highest BCUT2D eigenvalue weighted by molar-refractivity contribution is 5.82. The molecule has 1 aromatic carbocycles. The summed E-state index contributed by atoms with van der Waals surface area (Å²) in [5.41, 5.74) is 0.702. The fraction of sp³-hybridized carbons (Fsp3) is 0.579. The van der Waals surface area contributed by atoms with Gasteiger partial charge in [0.1, 0.15) is 5.82 Å². The van der Waals surface area contributed by atoms with E-state index < -0.39 is 0 Å². The lowest BCUT2D eigenvalue weighted by atomic mass is 9.97. The third-order valence-corrected chi connectivity index (χ3v) is 5.06. The molecule has 2 N–H and O–H groups in total. The van der Waals surface area contributed by atoms with E-state index >= 15 is 0 Å². The topological polar surface area (TPSA) is 61.4 Å². The smallest absolute Gasteiger partial charge is 0.237 e. The molecule has 136 valence electrons. The maximum absolute atomic E-state index is 13.3. The van der Waals surface area contributed by atoms with E-state index in [0.29, 0.717) is 18.7 Å². The average molecular weight is 347 g/mol. The lowest BCUT2D eigenvalue weighted by Crippen LogP contribution is -2.47. The summed E-state index contributed by atoms with van der Waals surface area (Å²) in [4.78, 5) is 26.4. The summed E-state index contributed by atoms with van der Waals surface area (Å²) in [5, 5.41) is 6.22. The molecule has 0 spiro atoms. The third kappa shape index (κ3) is 5.01. The molecule has 3 rings (SSSR count). The number of likely N-dealkylation sites (tertiary alicyclic amines) is 1. The van der Waals surface area contributed by atoms with Crippen molar-refractivity contribution in [3.63, 3.8) is 0 Å². The molecule has 25 heavy (non-hydrogen) atoms. The number of benzene rings is 1. The first-order valence-electron chi connectivity index (χ1n) is 9.15. The predicted octanol–water partition coefficient (Wildman–Crippen LogP) is 1.47. The summed E-state index contributed by atoms with van der Waals surface area (Å²) in [5.74, 6) is 0.0698. The second-order valence-corrected chi connectivity index (χ2v) is 7.05. The van der Waals surface area contributed by atoms with Crippen LogP contribution in [0.2, 0.25) is 0 Å². The molecule has 0 aromatic heterocycles. The van der Waals surface area contributed by atoms with Crippen LogP contribution in [0.15, 0.2) is 24.3 Å². The van der Waals surface area contributed by atoms with Crippen LogP contribution in [0.4, 0.5) is 4.39 Å². The highest BCUT2D eigenvalue weighted by Crippen LogP contribution is 2.17. The maximum Gasteiger partial charge on any atom is 0.237 e. The van der Waals surface area contributed by atoms with Crippen LogP contribution in [0, 0.1) is 11.7 Å². The number of hydrogen-bond donors (Lipinski definition) is 2. The minimum absolute atomic E-state index is 0.0269. The van der Waals surface area contributed by atoms with E-state index in [0.717, 1.165) is 38.8 Å². The largest absolute Gasteiger partial charge is 0.354 e. The summed E-state index contributed by atoms with van der Waals surface area (Å²) >= 11 is 0. The first kappa shape index (κ1) is 17.9. The van der Waals surface area contributed by atoms with Gasteiger partial charge in [0.05, 0.1) is 12.5 Å². The number of rotatable bonds is 5. The Balaban J connectivity index is 1.47. The second-order valence-electron chi connectivity index (χ2n) is 7.05. The molecule has 0 radical (unpaired) electrons. The van der Waals surface area contributed by atoms with E-state index in [-0.39, 0.29) is 36.0 Å². The molecule has 2 atom stereocenters. The van der Waals surface area contributed by atoms with E-state index in [4.69, 9.17) is 0 Å². The molecule has 2 aliphatic rings. The first-order valence-corrected chi connectivity index (χ1v) is 9.15. The van der Waals surface area contributed by atoms with Crippen LogP contribution >= 0.6 is 0 Å². The maximum atomic E-state index is 13.3. The van der Waals surface area contributed by atoms with Gasteiger partial charge in [-0.3, -0.25) is 9.59 Å². The van der Waals surface area contributed by atoms with Crippen LogP contribution in [0.5, 0.6) is 0 Å². The van der Waals surface area contributed by atoms with E-state index in [9.17, 15) is 14.0 Å². The van der Waals surface area contributed by atoms with Crippen molar-refractivity contribution in [1.82, 2.24) is 15.5 Å². The molecule has 0 saturated carbocycles. The molecule has 2 amide bonds. The Bertz CT molecular complexity index is 616. The molecule has 2 fully saturated rings. The predicted molar refractivity (Wildman–Crippen MR) is 93.4 cm³/mol. The third-order valence-electron chi connectivity index (χ3n) is 5.06. The number of carbonyl (C=O) groups is 2. The Kier molecular flexibility index (Phi) is 6.02. The van der Waals surface area contributed by atoms with Crippen molar-refractivity contribution in [3.05, 3.63) is 35.6 Å². The van der Waals surface area contributed by atoms with Gasteiger partial charge in [-0.1, -0.05) is 12.1 Å². The van der Waals surface area contributed by atoms with Gasteiger partial charge < -0.3 is 15.5 Å². The fourth-order valence-corrected chi connectivity index (χ4v) is 3.67. The van der Waals surface area contributed by atoms with Crippen LogP contribution in [0.1, 0.15) is 31.2 Å². The van der Waals surface area contributed by atoms with Gasteiger partial charge in [-0.2, -0.15) is 0 Å². The molecule has 2 heterocycles. The number of nitrogens with zero attached hydrogens (tertiary/aromatic N) is 1. The van der Waals surface area contributed by atoms with Crippen molar-refractivity contribution in [2.45, 2.75) is 38.1 Å². The normalized spacial score (nSPS) is 23.5. The molecular formula is C19H26FN3O2. The summed E-state index contributed by atoms with van der Waals surface area (Å²) in [7, 11) is 0. The molecular weight excluding hydrogens is 321 g/mol. The van der Waals surface area contributed by atoms with Gasteiger partial charge in [0.2, 0.25) is 11.8 Å². The zero-order valence-corrected chi connectivity index (χ0v) is 14.5. The minimum Gasteiger partial charge on any atom is -0.354 e. The monoisotopic (exact) mass is 347 g/mol. The Morgan fingerprint density at radius 3 is 2.92 bits per heavy atom. The number of carbonyl (C=O) groups excluding carboxylic acids is 2. The molecule has 5 nitrogen and oxygen atoms in total. The number of piperidine rings is 1. The van der Waals surface area contributed by atoms with E-state index in [1.165, 1.54) is 12.1 Å². The summed E-state index contributed by atoms with van der Waals surface area (Å²) in [6, 6.07) is 6.14. The van der Waals surface area contributed by atoms with Crippen LogP contribution in [0.25, 0.3) is 0 Å².